The van der Waals surface area contributed by atoms with Crippen molar-refractivity contribution in [2.75, 3.05) is 19.6 Å². The van der Waals surface area contributed by atoms with Gasteiger partial charge >= 0.3 is 0 Å². The van der Waals surface area contributed by atoms with Gasteiger partial charge in [-0.15, -0.1) is 0 Å². The first-order valence-electron chi connectivity index (χ1n) is 11.3. The molecule has 1 aliphatic rings. The van der Waals surface area contributed by atoms with Gasteiger partial charge in [-0.25, -0.2) is 8.42 Å². The minimum absolute atomic E-state index is 0.0186. The SMILES string of the molecule is Cc1cc(C(C)(C)C)cc(C)c1CCNC(=O)C1CCN(S(=O)(=O)c2cccnc2)CC1. The van der Waals surface area contributed by atoms with Crippen LogP contribution >= 0.6 is 0 Å². The topological polar surface area (TPSA) is 79.4 Å². The van der Waals surface area contributed by atoms with E-state index in [2.05, 4.69) is 57.1 Å². The number of aromatic nitrogens is 1. The van der Waals surface area contributed by atoms with Crippen LogP contribution in [0.4, 0.5) is 0 Å². The van der Waals surface area contributed by atoms with Gasteiger partial charge in [0.25, 0.3) is 0 Å². The molecule has 0 unspecified atom stereocenters. The van der Waals surface area contributed by atoms with Crippen LogP contribution in [0.3, 0.4) is 0 Å². The molecule has 0 saturated carbocycles. The van der Waals surface area contributed by atoms with Crippen molar-refractivity contribution >= 4 is 15.9 Å². The van der Waals surface area contributed by atoms with Crippen molar-refractivity contribution in [3.63, 3.8) is 0 Å². The van der Waals surface area contributed by atoms with E-state index in [1.54, 1.807) is 18.3 Å². The van der Waals surface area contributed by atoms with Crippen molar-refractivity contribution in [2.24, 2.45) is 5.92 Å². The second-order valence-electron chi connectivity index (χ2n) is 9.75. The first-order chi connectivity index (χ1) is 15.0. The molecule has 174 valence electrons. The molecule has 0 radical (unpaired) electrons. The molecule has 7 heteroatoms. The number of piperidine rings is 1. The Morgan fingerprint density at radius 3 is 2.31 bits per heavy atom. The van der Waals surface area contributed by atoms with E-state index >= 15 is 0 Å². The summed E-state index contributed by atoms with van der Waals surface area (Å²) in [5, 5.41) is 3.07. The summed E-state index contributed by atoms with van der Waals surface area (Å²) in [5.41, 5.74) is 5.25. The molecule has 0 atom stereocenters. The van der Waals surface area contributed by atoms with E-state index in [-0.39, 0.29) is 22.1 Å². The largest absolute Gasteiger partial charge is 0.356 e. The van der Waals surface area contributed by atoms with Crippen LogP contribution in [-0.2, 0) is 26.7 Å². The van der Waals surface area contributed by atoms with Gasteiger partial charge in [-0.3, -0.25) is 9.78 Å². The highest BCUT2D eigenvalue weighted by molar-refractivity contribution is 7.89. The number of nitrogens with zero attached hydrogens (tertiary/aromatic N) is 2. The first-order valence-corrected chi connectivity index (χ1v) is 12.7. The Balaban J connectivity index is 1.52. The Hall–Kier alpha value is -2.25. The molecule has 32 heavy (non-hydrogen) atoms. The van der Waals surface area contributed by atoms with Crippen molar-refractivity contribution in [3.8, 4) is 0 Å². The van der Waals surface area contributed by atoms with Crippen LogP contribution in [0.2, 0.25) is 0 Å². The predicted octanol–water partition coefficient (Wildman–Crippen LogP) is 3.76. The summed E-state index contributed by atoms with van der Waals surface area (Å²) in [6.45, 7) is 12.2. The summed E-state index contributed by atoms with van der Waals surface area (Å²) in [7, 11) is -3.55. The van der Waals surface area contributed by atoms with E-state index in [0.29, 0.717) is 32.5 Å². The molecule has 2 aromatic rings. The van der Waals surface area contributed by atoms with Crippen LogP contribution in [0.25, 0.3) is 0 Å². The predicted molar refractivity (Wildman–Crippen MR) is 127 cm³/mol. The third-order valence-electron chi connectivity index (χ3n) is 6.33. The quantitative estimate of drug-likeness (QED) is 0.716. The lowest BCUT2D eigenvalue weighted by Gasteiger charge is -2.30. The minimum Gasteiger partial charge on any atom is -0.356 e. The van der Waals surface area contributed by atoms with Crippen LogP contribution in [0.15, 0.2) is 41.6 Å². The number of hydrogen-bond donors (Lipinski definition) is 1. The van der Waals surface area contributed by atoms with Crippen molar-refractivity contribution in [2.45, 2.75) is 64.2 Å². The van der Waals surface area contributed by atoms with Gasteiger partial charge in [-0.05, 0) is 72.9 Å². The molecule has 0 spiro atoms. The summed E-state index contributed by atoms with van der Waals surface area (Å²) in [6.07, 6.45) is 4.78. The molecule has 6 nitrogen and oxygen atoms in total. The molecule has 1 N–H and O–H groups in total. The maximum atomic E-state index is 12.7. The molecular formula is C25H35N3O3S. The zero-order valence-electron chi connectivity index (χ0n) is 19.8. The minimum atomic E-state index is -3.55. The van der Waals surface area contributed by atoms with Gasteiger partial charge in [0.15, 0.2) is 0 Å². The maximum Gasteiger partial charge on any atom is 0.244 e. The fourth-order valence-electron chi connectivity index (χ4n) is 4.28. The lowest BCUT2D eigenvalue weighted by atomic mass is 9.83. The van der Waals surface area contributed by atoms with Gasteiger partial charge in [0.2, 0.25) is 15.9 Å². The van der Waals surface area contributed by atoms with Gasteiger partial charge < -0.3 is 5.32 Å². The maximum absolute atomic E-state index is 12.7. The third-order valence-corrected chi connectivity index (χ3v) is 8.22. The fourth-order valence-corrected chi connectivity index (χ4v) is 5.72. The third kappa shape index (κ3) is 5.56. The number of aryl methyl sites for hydroxylation is 2. The Morgan fingerprint density at radius 1 is 1.16 bits per heavy atom. The van der Waals surface area contributed by atoms with Gasteiger partial charge in [0, 0.05) is 37.9 Å². The van der Waals surface area contributed by atoms with Crippen LogP contribution in [0.1, 0.15) is 55.9 Å². The smallest absolute Gasteiger partial charge is 0.244 e. The van der Waals surface area contributed by atoms with Gasteiger partial charge in [-0.1, -0.05) is 32.9 Å². The molecule has 1 fully saturated rings. The second kappa shape index (κ2) is 9.71. The van der Waals surface area contributed by atoms with Crippen molar-refractivity contribution < 1.29 is 13.2 Å². The number of rotatable bonds is 6. The number of carbonyl (C=O) groups excluding carboxylic acids is 1. The Morgan fingerprint density at radius 2 is 1.78 bits per heavy atom. The summed E-state index contributed by atoms with van der Waals surface area (Å²) >= 11 is 0. The number of benzene rings is 1. The van der Waals surface area contributed by atoms with Gasteiger partial charge in [-0.2, -0.15) is 4.31 Å². The molecule has 3 rings (SSSR count). The summed E-state index contributed by atoms with van der Waals surface area (Å²) in [4.78, 5) is 16.8. The second-order valence-corrected chi connectivity index (χ2v) is 11.7. The molecule has 1 aromatic heterocycles. The van der Waals surface area contributed by atoms with Crippen molar-refractivity contribution in [1.82, 2.24) is 14.6 Å². The molecule has 0 bridgehead atoms. The molecular weight excluding hydrogens is 422 g/mol. The van der Waals surface area contributed by atoms with E-state index in [1.165, 1.54) is 32.8 Å². The standard InChI is InChI=1S/C25H35N3O3S/c1-18-15-21(25(3,4)5)16-19(2)23(18)8-12-27-24(29)20-9-13-28(14-10-20)32(30,31)22-7-6-11-26-17-22/h6-7,11,15-17,20H,8-10,12-14H2,1-5H3,(H,27,29). The Kier molecular flexibility index (Phi) is 7.40. The highest BCUT2D eigenvalue weighted by Gasteiger charge is 2.32. The van der Waals surface area contributed by atoms with E-state index < -0.39 is 10.0 Å². The van der Waals surface area contributed by atoms with Crippen molar-refractivity contribution in [1.29, 1.82) is 0 Å². The zero-order chi connectivity index (χ0) is 23.5. The number of hydrogen-bond acceptors (Lipinski definition) is 4. The fraction of sp³-hybridized carbons (Fsp3) is 0.520. The lowest BCUT2D eigenvalue weighted by Crippen LogP contribution is -2.43. The average Bonchev–Trinajstić information content (AvgIpc) is 2.75. The van der Waals surface area contributed by atoms with Crippen LogP contribution < -0.4 is 5.32 Å². The number of pyridine rings is 1. The van der Waals surface area contributed by atoms with Gasteiger partial charge in [0.05, 0.1) is 0 Å². The molecule has 1 aromatic carbocycles. The molecule has 0 aliphatic carbocycles. The number of sulfonamides is 1. The lowest BCUT2D eigenvalue weighted by molar-refractivity contribution is -0.126. The van der Waals surface area contributed by atoms with E-state index in [4.69, 9.17) is 0 Å². The van der Waals surface area contributed by atoms with E-state index in [1.807, 2.05) is 0 Å². The summed E-state index contributed by atoms with van der Waals surface area (Å²) < 4.78 is 26.9. The van der Waals surface area contributed by atoms with Crippen LogP contribution in [-0.4, -0.2) is 43.2 Å². The van der Waals surface area contributed by atoms with Gasteiger partial charge in [0.1, 0.15) is 4.90 Å². The number of amides is 1. The Labute approximate surface area is 192 Å². The highest BCUT2D eigenvalue weighted by atomic mass is 32.2. The first kappa shape index (κ1) is 24.4. The van der Waals surface area contributed by atoms with Crippen LogP contribution in [0.5, 0.6) is 0 Å². The average molecular weight is 458 g/mol. The summed E-state index contributed by atoms with van der Waals surface area (Å²) in [5.74, 6) is -0.133. The van der Waals surface area contributed by atoms with Crippen molar-refractivity contribution in [3.05, 3.63) is 58.9 Å². The van der Waals surface area contributed by atoms with Crippen LogP contribution in [0, 0.1) is 19.8 Å². The molecule has 2 heterocycles. The van der Waals surface area contributed by atoms with E-state index in [9.17, 15) is 13.2 Å². The number of carbonyl (C=O) groups is 1. The zero-order valence-corrected chi connectivity index (χ0v) is 20.6. The Bertz CT molecular complexity index is 1030. The normalized spacial score (nSPS) is 16.2. The summed E-state index contributed by atoms with van der Waals surface area (Å²) in [6, 6.07) is 7.68. The monoisotopic (exact) mass is 457 g/mol. The molecule has 1 amide bonds. The molecule has 1 saturated heterocycles. The highest BCUT2D eigenvalue weighted by Crippen LogP contribution is 2.27. The molecule has 1 aliphatic heterocycles. The number of nitrogens with one attached hydrogen (secondary N) is 1. The van der Waals surface area contributed by atoms with E-state index in [0.717, 1.165) is 6.42 Å².